The van der Waals surface area contributed by atoms with Crippen LogP contribution in [-0.2, 0) is 16.1 Å². The molecule has 0 unspecified atom stereocenters. The van der Waals surface area contributed by atoms with E-state index in [0.29, 0.717) is 0 Å². The van der Waals surface area contributed by atoms with Crippen molar-refractivity contribution in [2.24, 2.45) is 0 Å². The van der Waals surface area contributed by atoms with Crippen molar-refractivity contribution in [1.82, 2.24) is 20.6 Å². The van der Waals surface area contributed by atoms with E-state index in [4.69, 9.17) is 0 Å². The number of nitrogens with one attached hydrogen (secondary N) is 2. The molecule has 0 bridgehead atoms. The Labute approximate surface area is 139 Å². The van der Waals surface area contributed by atoms with Gasteiger partial charge in [0, 0.05) is 10.6 Å². The van der Waals surface area contributed by atoms with Crippen molar-refractivity contribution in [2.75, 3.05) is 5.75 Å². The number of hydrazine groups is 1. The monoisotopic (exact) mass is 332 g/mol. The smallest absolute Gasteiger partial charge is 0.260 e. The second kappa shape index (κ2) is 7.82. The van der Waals surface area contributed by atoms with Gasteiger partial charge in [-0.1, -0.05) is 18.2 Å². The number of nitrogens with zero attached hydrogens (tertiary/aromatic N) is 2. The molecule has 0 aliphatic heterocycles. The van der Waals surface area contributed by atoms with E-state index in [9.17, 15) is 9.59 Å². The molecule has 0 aliphatic carbocycles. The molecule has 2 N–H and O–H groups in total. The van der Waals surface area contributed by atoms with Crippen LogP contribution in [0.2, 0.25) is 0 Å². The maximum atomic E-state index is 11.8. The molecule has 0 radical (unpaired) electrons. The predicted octanol–water partition coefficient (Wildman–Crippen LogP) is 1.75. The summed E-state index contributed by atoms with van der Waals surface area (Å²) in [5, 5.41) is 4.20. The van der Waals surface area contributed by atoms with E-state index in [-0.39, 0.29) is 24.1 Å². The fraction of sp³-hybridized carbons (Fsp3) is 0.312. The Bertz CT molecular complexity index is 712. The SMILES string of the molecule is Cc1cc(C)n(CC(=O)NNC(=O)CSc2ccccc2C)n1. The van der Waals surface area contributed by atoms with Crippen LogP contribution in [0.15, 0.2) is 35.2 Å². The molecule has 1 aromatic carbocycles. The average molecular weight is 332 g/mol. The molecule has 0 saturated heterocycles. The number of hydrogen-bond donors (Lipinski definition) is 2. The number of carbonyl (C=O) groups is 2. The van der Waals surface area contributed by atoms with Crippen molar-refractivity contribution in [3.63, 3.8) is 0 Å². The molecule has 0 atom stereocenters. The number of amides is 2. The molecule has 0 aliphatic rings. The Hall–Kier alpha value is -2.28. The van der Waals surface area contributed by atoms with Crippen LogP contribution in [0, 0.1) is 20.8 Å². The third-order valence-corrected chi connectivity index (χ3v) is 4.37. The molecule has 1 aromatic heterocycles. The highest BCUT2D eigenvalue weighted by atomic mass is 32.2. The molecule has 2 rings (SSSR count). The fourth-order valence-electron chi connectivity index (χ4n) is 2.05. The summed E-state index contributed by atoms with van der Waals surface area (Å²) >= 11 is 1.44. The van der Waals surface area contributed by atoms with Gasteiger partial charge in [-0.05, 0) is 38.5 Å². The van der Waals surface area contributed by atoms with Gasteiger partial charge >= 0.3 is 0 Å². The summed E-state index contributed by atoms with van der Waals surface area (Å²) in [6.45, 7) is 5.82. The number of rotatable bonds is 5. The molecule has 0 fully saturated rings. The average Bonchev–Trinajstić information content (AvgIpc) is 2.82. The lowest BCUT2D eigenvalue weighted by Gasteiger charge is -2.09. The summed E-state index contributed by atoms with van der Waals surface area (Å²) in [7, 11) is 0. The first kappa shape index (κ1) is 17.1. The van der Waals surface area contributed by atoms with E-state index in [1.165, 1.54) is 11.8 Å². The van der Waals surface area contributed by atoms with E-state index in [2.05, 4.69) is 16.0 Å². The normalized spacial score (nSPS) is 10.4. The third-order valence-electron chi connectivity index (χ3n) is 3.19. The van der Waals surface area contributed by atoms with Crippen LogP contribution in [0.1, 0.15) is 17.0 Å². The molecule has 2 aromatic rings. The summed E-state index contributed by atoms with van der Waals surface area (Å²) in [6, 6.07) is 9.75. The quantitative estimate of drug-likeness (QED) is 0.646. The standard InChI is InChI=1S/C16H20N4O2S/c1-11-6-4-5-7-14(11)23-10-16(22)18-17-15(21)9-20-13(3)8-12(2)19-20/h4-8H,9-10H2,1-3H3,(H,17,21)(H,18,22). The molecule has 23 heavy (non-hydrogen) atoms. The Morgan fingerprint density at radius 1 is 1.13 bits per heavy atom. The first-order valence-corrected chi connectivity index (χ1v) is 8.21. The second-order valence-electron chi connectivity index (χ2n) is 5.24. The van der Waals surface area contributed by atoms with Crippen molar-refractivity contribution < 1.29 is 9.59 Å². The van der Waals surface area contributed by atoms with Gasteiger partial charge in [-0.15, -0.1) is 11.8 Å². The number of aryl methyl sites for hydroxylation is 3. The molecule has 6 nitrogen and oxygen atoms in total. The van der Waals surface area contributed by atoms with Gasteiger partial charge in [-0.3, -0.25) is 25.1 Å². The van der Waals surface area contributed by atoms with Crippen molar-refractivity contribution >= 4 is 23.6 Å². The highest BCUT2D eigenvalue weighted by molar-refractivity contribution is 8.00. The van der Waals surface area contributed by atoms with Crippen molar-refractivity contribution in [3.8, 4) is 0 Å². The van der Waals surface area contributed by atoms with Crippen molar-refractivity contribution in [2.45, 2.75) is 32.2 Å². The second-order valence-corrected chi connectivity index (χ2v) is 6.25. The third kappa shape index (κ3) is 5.14. The van der Waals surface area contributed by atoms with E-state index < -0.39 is 0 Å². The Morgan fingerprint density at radius 3 is 2.48 bits per heavy atom. The van der Waals surface area contributed by atoms with Gasteiger partial charge < -0.3 is 0 Å². The lowest BCUT2D eigenvalue weighted by molar-refractivity contribution is -0.128. The molecule has 7 heteroatoms. The Kier molecular flexibility index (Phi) is 5.81. The predicted molar refractivity (Wildman–Crippen MR) is 89.9 cm³/mol. The Morgan fingerprint density at radius 2 is 1.83 bits per heavy atom. The van der Waals surface area contributed by atoms with Crippen LogP contribution in [0.4, 0.5) is 0 Å². The molecule has 0 saturated carbocycles. The van der Waals surface area contributed by atoms with E-state index in [0.717, 1.165) is 21.8 Å². The number of hydrogen-bond acceptors (Lipinski definition) is 4. The minimum absolute atomic E-state index is 0.0743. The van der Waals surface area contributed by atoms with Gasteiger partial charge in [-0.25, -0.2) is 0 Å². The minimum Gasteiger partial charge on any atom is -0.272 e. The molecule has 122 valence electrons. The molecular weight excluding hydrogens is 312 g/mol. The highest BCUT2D eigenvalue weighted by Crippen LogP contribution is 2.21. The number of benzene rings is 1. The van der Waals surface area contributed by atoms with Crippen LogP contribution < -0.4 is 10.9 Å². The van der Waals surface area contributed by atoms with Crippen molar-refractivity contribution in [1.29, 1.82) is 0 Å². The highest BCUT2D eigenvalue weighted by Gasteiger charge is 2.09. The summed E-state index contributed by atoms with van der Waals surface area (Å²) in [5.41, 5.74) is 7.71. The van der Waals surface area contributed by atoms with E-state index in [1.54, 1.807) is 4.68 Å². The van der Waals surface area contributed by atoms with E-state index in [1.807, 2.05) is 51.1 Å². The van der Waals surface area contributed by atoms with Gasteiger partial charge in [0.25, 0.3) is 5.91 Å². The zero-order chi connectivity index (χ0) is 16.8. The van der Waals surface area contributed by atoms with Crippen LogP contribution >= 0.6 is 11.8 Å². The molecule has 2 amide bonds. The topological polar surface area (TPSA) is 76.0 Å². The number of thioether (sulfide) groups is 1. The van der Waals surface area contributed by atoms with Gasteiger partial charge in [0.15, 0.2) is 0 Å². The zero-order valence-corrected chi connectivity index (χ0v) is 14.2. The lowest BCUT2D eigenvalue weighted by Crippen LogP contribution is -2.44. The maximum Gasteiger partial charge on any atom is 0.260 e. The number of carbonyl (C=O) groups excluding carboxylic acids is 2. The first-order chi connectivity index (χ1) is 11.0. The van der Waals surface area contributed by atoms with Gasteiger partial charge in [-0.2, -0.15) is 5.10 Å². The summed E-state index contributed by atoms with van der Waals surface area (Å²) in [6.07, 6.45) is 0. The lowest BCUT2D eigenvalue weighted by atomic mass is 10.2. The maximum absolute atomic E-state index is 11.8. The molecule has 0 spiro atoms. The Balaban J connectivity index is 1.75. The van der Waals surface area contributed by atoms with Crippen LogP contribution in [-0.4, -0.2) is 27.3 Å². The minimum atomic E-state index is -0.314. The van der Waals surface area contributed by atoms with E-state index >= 15 is 0 Å². The van der Waals surface area contributed by atoms with Crippen LogP contribution in [0.5, 0.6) is 0 Å². The first-order valence-electron chi connectivity index (χ1n) is 7.23. The summed E-state index contributed by atoms with van der Waals surface area (Å²) in [4.78, 5) is 24.7. The summed E-state index contributed by atoms with van der Waals surface area (Å²) < 4.78 is 1.60. The number of aromatic nitrogens is 2. The van der Waals surface area contributed by atoms with Crippen molar-refractivity contribution in [3.05, 3.63) is 47.3 Å². The van der Waals surface area contributed by atoms with Crippen LogP contribution in [0.25, 0.3) is 0 Å². The molecule has 1 heterocycles. The largest absolute Gasteiger partial charge is 0.272 e. The zero-order valence-electron chi connectivity index (χ0n) is 13.4. The van der Waals surface area contributed by atoms with Crippen LogP contribution in [0.3, 0.4) is 0 Å². The van der Waals surface area contributed by atoms with Gasteiger partial charge in [0.1, 0.15) is 6.54 Å². The van der Waals surface area contributed by atoms with Gasteiger partial charge in [0.05, 0.1) is 11.4 Å². The fourth-order valence-corrected chi connectivity index (χ4v) is 2.88. The summed E-state index contributed by atoms with van der Waals surface area (Å²) in [5.74, 6) is -0.323. The van der Waals surface area contributed by atoms with Gasteiger partial charge in [0.2, 0.25) is 5.91 Å². The molecular formula is C16H20N4O2S.